The minimum absolute atomic E-state index is 0. The van der Waals surface area contributed by atoms with Gasteiger partial charge in [-0.15, -0.1) is 0 Å². The maximum absolute atomic E-state index is 3.92. The lowest BCUT2D eigenvalue weighted by molar-refractivity contribution is -0.696. The van der Waals surface area contributed by atoms with Crippen LogP contribution < -0.4 is 21.5 Å². The van der Waals surface area contributed by atoms with Crippen LogP contribution in [0.25, 0.3) is 0 Å². The van der Waals surface area contributed by atoms with E-state index >= 15 is 0 Å². The zero-order valence-electron chi connectivity index (χ0n) is 5.29. The molecule has 1 heterocycles. The summed E-state index contributed by atoms with van der Waals surface area (Å²) in [5.74, 6) is 0. The third-order valence-corrected chi connectivity index (χ3v) is 1.03. The van der Waals surface area contributed by atoms with Gasteiger partial charge in [-0.2, -0.15) is 0 Å². The molecule has 2 nitrogen and oxygen atoms in total. The van der Waals surface area contributed by atoms with Crippen LogP contribution >= 0.6 is 0 Å². The largest absolute Gasteiger partial charge is 1.00 e. The minimum Gasteiger partial charge on any atom is -1.00 e. The second kappa shape index (κ2) is 4.44. The molecule has 1 aromatic rings. The highest BCUT2D eigenvalue weighted by atomic mass is 79.9. The molecule has 0 aliphatic rings. The van der Waals surface area contributed by atoms with Crippen molar-refractivity contribution in [3.8, 4) is 0 Å². The highest BCUT2D eigenvalue weighted by Crippen LogP contribution is 1.68. The molecule has 0 saturated carbocycles. The first kappa shape index (κ1) is 8.56. The summed E-state index contributed by atoms with van der Waals surface area (Å²) < 4.78 is 2.01. The van der Waals surface area contributed by atoms with E-state index < -0.39 is 0 Å². The average molecular weight is 189 g/mol. The fourth-order valence-electron chi connectivity index (χ4n) is 0.548. The van der Waals surface area contributed by atoms with Gasteiger partial charge in [0.25, 0.3) is 6.33 Å². The first-order valence-corrected chi connectivity index (χ1v) is 2.72. The normalized spacial score (nSPS) is 8.11. The van der Waals surface area contributed by atoms with E-state index in [1.807, 2.05) is 16.8 Å². The van der Waals surface area contributed by atoms with Crippen LogP contribution in [-0.2, 0) is 6.54 Å². The van der Waals surface area contributed by atoms with E-state index in [9.17, 15) is 0 Å². The maximum Gasteiger partial charge on any atom is 0.286 e. The summed E-state index contributed by atoms with van der Waals surface area (Å²) in [6, 6.07) is 1.92. The lowest BCUT2D eigenvalue weighted by Crippen LogP contribution is -3.00. The summed E-state index contributed by atoms with van der Waals surface area (Å²) >= 11 is 0. The van der Waals surface area contributed by atoms with Gasteiger partial charge in [-0.25, -0.2) is 4.57 Å². The maximum atomic E-state index is 3.92. The molecule has 0 unspecified atom stereocenters. The van der Waals surface area contributed by atoms with Crippen LogP contribution in [0.2, 0.25) is 0 Å². The van der Waals surface area contributed by atoms with Gasteiger partial charge in [0.05, 0.1) is 12.7 Å². The fourth-order valence-corrected chi connectivity index (χ4v) is 0.548. The van der Waals surface area contributed by atoms with Gasteiger partial charge in [-0.3, -0.25) is 0 Å². The first-order chi connectivity index (χ1) is 3.93. The SMILES string of the molecule is CC[n+]1cccnc1.[Br-]. The van der Waals surface area contributed by atoms with Gasteiger partial charge in [0.15, 0.2) is 0 Å². The quantitative estimate of drug-likeness (QED) is 0.442. The van der Waals surface area contributed by atoms with E-state index in [0.29, 0.717) is 0 Å². The van der Waals surface area contributed by atoms with Crippen LogP contribution in [0.3, 0.4) is 0 Å². The van der Waals surface area contributed by atoms with Crippen molar-refractivity contribution in [2.75, 3.05) is 0 Å². The minimum atomic E-state index is 0. The van der Waals surface area contributed by atoms with E-state index in [0.717, 1.165) is 6.54 Å². The van der Waals surface area contributed by atoms with Crippen molar-refractivity contribution in [3.63, 3.8) is 0 Å². The highest BCUT2D eigenvalue weighted by molar-refractivity contribution is 4.68. The molecule has 1 rings (SSSR count). The van der Waals surface area contributed by atoms with Gasteiger partial charge < -0.3 is 17.0 Å². The zero-order chi connectivity index (χ0) is 5.82. The molecule has 9 heavy (non-hydrogen) atoms. The number of aryl methyl sites for hydroxylation is 1. The van der Waals surface area contributed by atoms with Crippen molar-refractivity contribution in [3.05, 3.63) is 24.8 Å². The molecule has 0 amide bonds. The van der Waals surface area contributed by atoms with Crippen molar-refractivity contribution in [2.45, 2.75) is 13.5 Å². The summed E-state index contributed by atoms with van der Waals surface area (Å²) in [5.41, 5.74) is 0. The third kappa shape index (κ3) is 2.56. The first-order valence-electron chi connectivity index (χ1n) is 2.72. The molecular formula is C6H9BrN2. The molecule has 0 aliphatic carbocycles. The molecule has 0 spiro atoms. The van der Waals surface area contributed by atoms with Crippen LogP contribution in [0.4, 0.5) is 0 Å². The Morgan fingerprint density at radius 1 is 1.56 bits per heavy atom. The van der Waals surface area contributed by atoms with Crippen LogP contribution in [0.15, 0.2) is 24.8 Å². The monoisotopic (exact) mass is 188 g/mol. The Labute approximate surface area is 65.3 Å². The Hall–Kier alpha value is -0.440. The molecule has 0 radical (unpaired) electrons. The predicted octanol–water partition coefficient (Wildman–Crippen LogP) is -2.61. The number of hydrogen-bond acceptors (Lipinski definition) is 1. The number of rotatable bonds is 1. The smallest absolute Gasteiger partial charge is 0.286 e. The predicted molar refractivity (Wildman–Crippen MR) is 30.1 cm³/mol. The number of aromatic nitrogens is 2. The van der Waals surface area contributed by atoms with E-state index in [-0.39, 0.29) is 17.0 Å². The van der Waals surface area contributed by atoms with Gasteiger partial charge in [-0.1, -0.05) is 4.98 Å². The number of nitrogens with zero attached hydrogens (tertiary/aromatic N) is 2. The highest BCUT2D eigenvalue weighted by Gasteiger charge is 1.86. The molecule has 0 fully saturated rings. The van der Waals surface area contributed by atoms with Crippen molar-refractivity contribution in [1.29, 1.82) is 0 Å². The molecule has 1 aromatic heterocycles. The lowest BCUT2D eigenvalue weighted by atomic mass is 10.6. The summed E-state index contributed by atoms with van der Waals surface area (Å²) in [6.45, 7) is 3.08. The van der Waals surface area contributed by atoms with Gasteiger partial charge in [0.1, 0.15) is 6.20 Å². The van der Waals surface area contributed by atoms with Crippen molar-refractivity contribution in [2.24, 2.45) is 0 Å². The summed E-state index contributed by atoms with van der Waals surface area (Å²) in [4.78, 5) is 3.92. The Morgan fingerprint density at radius 3 is 2.67 bits per heavy atom. The van der Waals surface area contributed by atoms with Crippen LogP contribution in [0.1, 0.15) is 6.92 Å². The Morgan fingerprint density at radius 2 is 2.33 bits per heavy atom. The number of hydrogen-bond donors (Lipinski definition) is 0. The zero-order valence-corrected chi connectivity index (χ0v) is 6.87. The summed E-state index contributed by atoms with van der Waals surface area (Å²) in [5, 5.41) is 0. The molecule has 0 saturated heterocycles. The fraction of sp³-hybridized carbons (Fsp3) is 0.333. The average Bonchev–Trinajstić information content (AvgIpc) is 1.90. The van der Waals surface area contributed by atoms with Gasteiger partial charge >= 0.3 is 0 Å². The van der Waals surface area contributed by atoms with E-state index in [4.69, 9.17) is 0 Å². The van der Waals surface area contributed by atoms with Crippen LogP contribution in [-0.4, -0.2) is 4.98 Å². The van der Waals surface area contributed by atoms with Crippen LogP contribution in [0, 0.1) is 0 Å². The molecule has 50 valence electrons. The van der Waals surface area contributed by atoms with Crippen molar-refractivity contribution in [1.82, 2.24) is 4.98 Å². The second-order valence-corrected chi connectivity index (χ2v) is 1.59. The van der Waals surface area contributed by atoms with E-state index in [1.165, 1.54) is 0 Å². The summed E-state index contributed by atoms with van der Waals surface area (Å²) in [7, 11) is 0. The molecule has 0 atom stereocenters. The van der Waals surface area contributed by atoms with Gasteiger partial charge in [-0.05, 0) is 6.92 Å². The molecular weight excluding hydrogens is 180 g/mol. The van der Waals surface area contributed by atoms with E-state index in [1.54, 1.807) is 12.5 Å². The Balaban J connectivity index is 0.000000640. The molecule has 3 heteroatoms. The van der Waals surface area contributed by atoms with Crippen molar-refractivity contribution < 1.29 is 21.5 Å². The molecule has 0 N–H and O–H groups in total. The van der Waals surface area contributed by atoms with E-state index in [2.05, 4.69) is 11.9 Å². The molecule has 0 bridgehead atoms. The topological polar surface area (TPSA) is 16.8 Å². The van der Waals surface area contributed by atoms with Gasteiger partial charge in [0.2, 0.25) is 0 Å². The van der Waals surface area contributed by atoms with Crippen LogP contribution in [0.5, 0.6) is 0 Å². The lowest BCUT2D eigenvalue weighted by Gasteiger charge is -1.86. The third-order valence-electron chi connectivity index (χ3n) is 1.03. The molecule has 0 aliphatic heterocycles. The van der Waals surface area contributed by atoms with Gasteiger partial charge in [0, 0.05) is 6.07 Å². The van der Waals surface area contributed by atoms with Crippen molar-refractivity contribution >= 4 is 0 Å². The Kier molecular flexibility index (Phi) is 4.22. The standard InChI is InChI=1S/C6H9N2.BrH/c1-2-8-5-3-4-7-6-8;/h3-6H,2H2,1H3;1H/q+1;/p-1. The summed E-state index contributed by atoms with van der Waals surface area (Å²) in [6.07, 6.45) is 5.57. The number of halogens is 1. The Bertz CT molecular complexity index is 152. The second-order valence-electron chi connectivity index (χ2n) is 1.59. The molecule has 0 aromatic carbocycles.